The van der Waals surface area contributed by atoms with Crippen LogP contribution < -0.4 is 5.73 Å². The first-order valence-corrected chi connectivity index (χ1v) is 6.74. The van der Waals surface area contributed by atoms with Crippen LogP contribution in [0.15, 0.2) is 4.52 Å². The normalized spacial score (nSPS) is 30.3. The lowest BCUT2D eigenvalue weighted by molar-refractivity contribution is 0.0903. The molecule has 102 valence electrons. The van der Waals surface area contributed by atoms with Gasteiger partial charge >= 0.3 is 0 Å². The fourth-order valence-corrected chi connectivity index (χ4v) is 2.68. The van der Waals surface area contributed by atoms with Crippen LogP contribution in [0.2, 0.25) is 0 Å². The first kappa shape index (κ1) is 13.5. The second-order valence-corrected chi connectivity index (χ2v) is 5.36. The third-order valence-electron chi connectivity index (χ3n) is 4.15. The summed E-state index contributed by atoms with van der Waals surface area (Å²) in [6.07, 6.45) is 5.13. The summed E-state index contributed by atoms with van der Waals surface area (Å²) in [4.78, 5) is 4.52. The predicted octanol–water partition coefficient (Wildman–Crippen LogP) is 2.33. The van der Waals surface area contributed by atoms with Crippen molar-refractivity contribution in [3.05, 3.63) is 11.7 Å². The van der Waals surface area contributed by atoms with Gasteiger partial charge in [-0.2, -0.15) is 4.98 Å². The van der Waals surface area contributed by atoms with Gasteiger partial charge in [0.05, 0.1) is 5.41 Å². The third-order valence-corrected chi connectivity index (χ3v) is 4.15. The molecule has 18 heavy (non-hydrogen) atoms. The minimum atomic E-state index is -0.185. The Morgan fingerprint density at radius 1 is 1.56 bits per heavy atom. The molecule has 3 unspecified atom stereocenters. The molecular formula is C13H23N3O2. The quantitative estimate of drug-likeness (QED) is 0.891. The molecule has 0 bridgehead atoms. The number of nitrogens with two attached hydrogens (primary N) is 1. The van der Waals surface area contributed by atoms with Gasteiger partial charge in [-0.1, -0.05) is 24.9 Å². The van der Waals surface area contributed by atoms with E-state index in [1.165, 1.54) is 12.8 Å². The van der Waals surface area contributed by atoms with Crippen molar-refractivity contribution in [3.8, 4) is 0 Å². The summed E-state index contributed by atoms with van der Waals surface area (Å²) in [5.74, 6) is 1.30. The Labute approximate surface area is 108 Å². The molecule has 3 atom stereocenters. The minimum absolute atomic E-state index is 0.0917. The maximum absolute atomic E-state index is 6.24. The summed E-state index contributed by atoms with van der Waals surface area (Å²) in [5, 5.41) is 4.05. The molecule has 0 radical (unpaired) electrons. The highest BCUT2D eigenvalue weighted by Crippen LogP contribution is 2.37. The van der Waals surface area contributed by atoms with Crippen molar-refractivity contribution >= 4 is 0 Å². The molecule has 1 heterocycles. The van der Waals surface area contributed by atoms with Gasteiger partial charge in [-0.05, 0) is 26.2 Å². The van der Waals surface area contributed by atoms with Crippen molar-refractivity contribution in [1.29, 1.82) is 0 Å². The lowest BCUT2D eigenvalue weighted by Crippen LogP contribution is -2.45. The second kappa shape index (κ2) is 5.36. The Hall–Kier alpha value is -0.940. The summed E-state index contributed by atoms with van der Waals surface area (Å²) in [6.45, 7) is 4.17. The summed E-state index contributed by atoms with van der Waals surface area (Å²) >= 11 is 0. The topological polar surface area (TPSA) is 74.2 Å². The average Bonchev–Trinajstić information content (AvgIpc) is 2.85. The monoisotopic (exact) mass is 253 g/mol. The molecule has 5 heteroatoms. The van der Waals surface area contributed by atoms with Crippen molar-refractivity contribution in [3.63, 3.8) is 0 Å². The van der Waals surface area contributed by atoms with E-state index in [4.69, 9.17) is 15.0 Å². The van der Waals surface area contributed by atoms with E-state index in [1.54, 1.807) is 7.11 Å². The number of aromatic nitrogens is 2. The van der Waals surface area contributed by atoms with Gasteiger partial charge in [-0.15, -0.1) is 0 Å². The van der Waals surface area contributed by atoms with Crippen molar-refractivity contribution in [2.24, 2.45) is 5.73 Å². The molecule has 2 rings (SSSR count). The van der Waals surface area contributed by atoms with Gasteiger partial charge in [-0.25, -0.2) is 0 Å². The maximum atomic E-state index is 6.24. The van der Waals surface area contributed by atoms with Crippen LogP contribution in [0, 0.1) is 0 Å². The molecule has 2 N–H and O–H groups in total. The van der Waals surface area contributed by atoms with Crippen molar-refractivity contribution in [1.82, 2.24) is 10.1 Å². The molecule has 0 amide bonds. The predicted molar refractivity (Wildman–Crippen MR) is 68.1 cm³/mol. The molecule has 1 saturated carbocycles. The van der Waals surface area contributed by atoms with E-state index >= 15 is 0 Å². The van der Waals surface area contributed by atoms with E-state index < -0.39 is 0 Å². The van der Waals surface area contributed by atoms with Gasteiger partial charge in [0, 0.05) is 13.2 Å². The number of methoxy groups -OCH3 is 1. The molecule has 1 aromatic heterocycles. The molecule has 1 fully saturated rings. The highest BCUT2D eigenvalue weighted by molar-refractivity contribution is 5.10. The Balaban J connectivity index is 2.23. The number of rotatable bonds is 4. The van der Waals surface area contributed by atoms with Gasteiger partial charge in [0.1, 0.15) is 6.10 Å². The van der Waals surface area contributed by atoms with Crippen LogP contribution in [0.4, 0.5) is 0 Å². The second-order valence-electron chi connectivity index (χ2n) is 5.36. The molecule has 0 saturated heterocycles. The zero-order chi connectivity index (χ0) is 13.2. The van der Waals surface area contributed by atoms with Crippen LogP contribution in [-0.4, -0.2) is 23.3 Å². The molecule has 0 aliphatic heterocycles. The number of nitrogens with zero attached hydrogens (tertiary/aromatic N) is 2. The summed E-state index contributed by atoms with van der Waals surface area (Å²) in [5.41, 5.74) is 6.05. The summed E-state index contributed by atoms with van der Waals surface area (Å²) < 4.78 is 10.8. The molecular weight excluding hydrogens is 230 g/mol. The van der Waals surface area contributed by atoms with E-state index in [1.807, 2.05) is 6.92 Å². The van der Waals surface area contributed by atoms with E-state index in [9.17, 15) is 0 Å². The fraction of sp³-hybridized carbons (Fsp3) is 0.846. The van der Waals surface area contributed by atoms with Gasteiger partial charge in [0.15, 0.2) is 0 Å². The van der Waals surface area contributed by atoms with Crippen LogP contribution in [0.1, 0.15) is 63.8 Å². The van der Waals surface area contributed by atoms with Gasteiger partial charge in [0.2, 0.25) is 11.7 Å². The Morgan fingerprint density at radius 2 is 2.33 bits per heavy atom. The summed E-state index contributed by atoms with van der Waals surface area (Å²) in [6, 6.07) is 0.0992. The van der Waals surface area contributed by atoms with Gasteiger partial charge < -0.3 is 15.0 Å². The lowest BCUT2D eigenvalue weighted by atomic mass is 9.72. The van der Waals surface area contributed by atoms with Crippen LogP contribution in [-0.2, 0) is 10.2 Å². The minimum Gasteiger partial charge on any atom is -0.373 e. The molecule has 1 aliphatic carbocycles. The summed E-state index contributed by atoms with van der Waals surface area (Å²) in [7, 11) is 1.66. The SMILES string of the molecule is CCC(OC)c1noc(C2(C)CCCCC2N)n1. The van der Waals surface area contributed by atoms with Crippen molar-refractivity contribution in [2.75, 3.05) is 7.11 Å². The van der Waals surface area contributed by atoms with Crippen LogP contribution >= 0.6 is 0 Å². The molecule has 1 aromatic rings. The maximum Gasteiger partial charge on any atom is 0.234 e. The Kier molecular flexibility index (Phi) is 4.02. The van der Waals surface area contributed by atoms with E-state index in [0.717, 1.165) is 19.3 Å². The van der Waals surface area contributed by atoms with E-state index in [-0.39, 0.29) is 17.6 Å². The third kappa shape index (κ3) is 2.29. The zero-order valence-corrected chi connectivity index (χ0v) is 11.5. The van der Waals surface area contributed by atoms with Gasteiger partial charge in [-0.3, -0.25) is 0 Å². The number of hydrogen-bond acceptors (Lipinski definition) is 5. The van der Waals surface area contributed by atoms with Crippen molar-refractivity contribution < 1.29 is 9.26 Å². The molecule has 0 aromatic carbocycles. The first-order chi connectivity index (χ1) is 8.61. The number of ether oxygens (including phenoxy) is 1. The highest BCUT2D eigenvalue weighted by atomic mass is 16.5. The van der Waals surface area contributed by atoms with Crippen LogP contribution in [0.25, 0.3) is 0 Å². The van der Waals surface area contributed by atoms with Crippen molar-refractivity contribution in [2.45, 2.75) is 63.5 Å². The first-order valence-electron chi connectivity index (χ1n) is 6.74. The zero-order valence-electron chi connectivity index (χ0n) is 11.5. The smallest absolute Gasteiger partial charge is 0.234 e. The van der Waals surface area contributed by atoms with Gasteiger partial charge in [0.25, 0.3) is 0 Å². The Bertz CT molecular complexity index is 389. The van der Waals surface area contributed by atoms with E-state index in [0.29, 0.717) is 11.7 Å². The molecule has 1 aliphatic rings. The molecule has 5 nitrogen and oxygen atoms in total. The fourth-order valence-electron chi connectivity index (χ4n) is 2.68. The number of hydrogen-bond donors (Lipinski definition) is 1. The lowest BCUT2D eigenvalue weighted by Gasteiger charge is -2.35. The van der Waals surface area contributed by atoms with Crippen LogP contribution in [0.3, 0.4) is 0 Å². The highest BCUT2D eigenvalue weighted by Gasteiger charge is 2.41. The largest absolute Gasteiger partial charge is 0.373 e. The standard InChI is InChI=1S/C13H23N3O2/c1-4-9(17-3)11-15-12(18-16-11)13(2)8-6-5-7-10(13)14/h9-10H,4-8,14H2,1-3H3. The molecule has 0 spiro atoms. The Morgan fingerprint density at radius 3 is 2.94 bits per heavy atom. The average molecular weight is 253 g/mol. The van der Waals surface area contributed by atoms with Crippen LogP contribution in [0.5, 0.6) is 0 Å². The van der Waals surface area contributed by atoms with E-state index in [2.05, 4.69) is 17.1 Å².